The number of carbonyl (C=O) groups is 1. The van der Waals surface area contributed by atoms with Crippen molar-refractivity contribution >= 4 is 23.2 Å². The Labute approximate surface area is 168 Å². The maximum Gasteiger partial charge on any atom is 0.409 e. The molecule has 0 saturated heterocycles. The zero-order valence-corrected chi connectivity index (χ0v) is 15.6. The fourth-order valence-electron chi connectivity index (χ4n) is 2.60. The average molecular weight is 430 g/mol. The van der Waals surface area contributed by atoms with Crippen molar-refractivity contribution in [3.8, 4) is 0 Å². The lowest BCUT2D eigenvalue weighted by Crippen LogP contribution is -2.45. The largest absolute Gasteiger partial charge is 0.468 e. The van der Waals surface area contributed by atoms with Crippen LogP contribution in [0.3, 0.4) is 0 Å². The molecule has 29 heavy (non-hydrogen) atoms. The van der Waals surface area contributed by atoms with Gasteiger partial charge < -0.3 is 10.1 Å². The molecule has 10 heteroatoms. The molecule has 1 aliphatic heterocycles. The van der Waals surface area contributed by atoms with Gasteiger partial charge in [-0.15, -0.1) is 0 Å². The molecule has 5 nitrogen and oxygen atoms in total. The number of alkyl halides is 3. The van der Waals surface area contributed by atoms with Crippen molar-refractivity contribution in [1.82, 2.24) is 10.7 Å². The SMILES string of the molecule is O=C(COC1=CC(C(F)(F)F)NN1c1ccccc1Cl)NCc1cccc(F)c1. The van der Waals surface area contributed by atoms with Crippen LogP contribution in [0.1, 0.15) is 5.56 Å². The highest BCUT2D eigenvalue weighted by Crippen LogP contribution is 2.33. The standard InChI is InChI=1S/C19H16ClF4N3O2/c20-14-6-1-2-7-15(14)27-18(9-16(26-27)19(22,23)24)29-11-17(28)25-10-12-4-3-5-13(21)8-12/h1-9,16,26H,10-11H2,(H,25,28). The minimum absolute atomic E-state index is 0.0522. The van der Waals surface area contributed by atoms with Crippen LogP contribution in [0.4, 0.5) is 23.2 Å². The van der Waals surface area contributed by atoms with E-state index in [1.165, 1.54) is 30.3 Å². The van der Waals surface area contributed by atoms with Crippen molar-refractivity contribution < 1.29 is 27.1 Å². The first-order valence-corrected chi connectivity index (χ1v) is 8.85. The van der Waals surface area contributed by atoms with Crippen molar-refractivity contribution in [2.24, 2.45) is 0 Å². The third-order valence-electron chi connectivity index (χ3n) is 3.97. The Kier molecular flexibility index (Phi) is 6.29. The molecule has 0 aliphatic carbocycles. The van der Waals surface area contributed by atoms with Gasteiger partial charge in [-0.25, -0.2) is 14.8 Å². The molecule has 2 N–H and O–H groups in total. The fraction of sp³-hybridized carbons (Fsp3) is 0.211. The van der Waals surface area contributed by atoms with Gasteiger partial charge in [-0.3, -0.25) is 4.79 Å². The van der Waals surface area contributed by atoms with Crippen LogP contribution >= 0.6 is 11.6 Å². The van der Waals surface area contributed by atoms with Crippen molar-refractivity contribution in [2.75, 3.05) is 11.6 Å². The number of hydrazine groups is 1. The molecule has 0 aromatic heterocycles. The minimum Gasteiger partial charge on any atom is -0.468 e. The van der Waals surface area contributed by atoms with Gasteiger partial charge in [0.05, 0.1) is 10.7 Å². The monoisotopic (exact) mass is 429 g/mol. The van der Waals surface area contributed by atoms with Gasteiger partial charge >= 0.3 is 6.18 Å². The smallest absolute Gasteiger partial charge is 0.409 e. The van der Waals surface area contributed by atoms with Gasteiger partial charge in [0.1, 0.15) is 11.9 Å². The van der Waals surface area contributed by atoms with E-state index in [0.29, 0.717) is 5.56 Å². The summed E-state index contributed by atoms with van der Waals surface area (Å²) >= 11 is 6.07. The van der Waals surface area contributed by atoms with Crippen LogP contribution in [0.15, 0.2) is 60.5 Å². The van der Waals surface area contributed by atoms with Crippen molar-refractivity contribution in [3.63, 3.8) is 0 Å². The number of hydrogen-bond donors (Lipinski definition) is 2. The number of ether oxygens (including phenoxy) is 1. The van der Waals surface area contributed by atoms with E-state index in [-0.39, 0.29) is 23.1 Å². The summed E-state index contributed by atoms with van der Waals surface area (Å²) in [7, 11) is 0. The number of nitrogens with zero attached hydrogens (tertiary/aromatic N) is 1. The van der Waals surface area contributed by atoms with Gasteiger partial charge in [0.25, 0.3) is 5.91 Å². The quantitative estimate of drug-likeness (QED) is 0.684. The lowest BCUT2D eigenvalue weighted by atomic mass is 10.2. The number of anilines is 1. The van der Waals surface area contributed by atoms with Crippen LogP contribution < -0.4 is 15.8 Å². The maximum atomic E-state index is 13.2. The highest BCUT2D eigenvalue weighted by atomic mass is 35.5. The van der Waals surface area contributed by atoms with E-state index in [4.69, 9.17) is 16.3 Å². The minimum atomic E-state index is -4.57. The number of amides is 1. The van der Waals surface area contributed by atoms with Gasteiger partial charge in [-0.1, -0.05) is 35.9 Å². The van der Waals surface area contributed by atoms with Gasteiger partial charge in [-0.2, -0.15) is 13.2 Å². The fourth-order valence-corrected chi connectivity index (χ4v) is 2.82. The molecule has 1 amide bonds. The Bertz CT molecular complexity index is 920. The van der Waals surface area contributed by atoms with Crippen LogP contribution in [0.2, 0.25) is 5.02 Å². The van der Waals surface area contributed by atoms with Crippen molar-refractivity contribution in [3.05, 3.63) is 76.9 Å². The van der Waals surface area contributed by atoms with Crippen LogP contribution in [-0.2, 0) is 16.1 Å². The number of rotatable bonds is 6. The number of halogens is 5. The van der Waals surface area contributed by atoms with Crippen LogP contribution in [0.25, 0.3) is 0 Å². The molecule has 0 radical (unpaired) electrons. The summed E-state index contributed by atoms with van der Waals surface area (Å²) in [5.74, 6) is -1.23. The molecule has 2 aromatic carbocycles. The van der Waals surface area contributed by atoms with Gasteiger partial charge in [-0.05, 0) is 29.8 Å². The van der Waals surface area contributed by atoms with Crippen molar-refractivity contribution in [1.29, 1.82) is 0 Å². The second kappa shape index (κ2) is 8.71. The van der Waals surface area contributed by atoms with E-state index < -0.39 is 30.5 Å². The summed E-state index contributed by atoms with van der Waals surface area (Å²) < 4.78 is 57.9. The van der Waals surface area contributed by atoms with Crippen LogP contribution in [0.5, 0.6) is 0 Å². The molecule has 0 bridgehead atoms. The molecule has 1 atom stereocenters. The predicted molar refractivity (Wildman–Crippen MR) is 99.2 cm³/mol. The second-order valence-corrected chi connectivity index (χ2v) is 6.54. The summed E-state index contributed by atoms with van der Waals surface area (Å²) in [6.45, 7) is -0.481. The third kappa shape index (κ3) is 5.39. The van der Waals surface area contributed by atoms with Crippen LogP contribution in [0, 0.1) is 5.82 Å². The van der Waals surface area contributed by atoms with Crippen molar-refractivity contribution in [2.45, 2.75) is 18.8 Å². The molecule has 1 unspecified atom stereocenters. The first-order chi connectivity index (χ1) is 13.7. The normalized spacial score (nSPS) is 16.5. The van der Waals surface area contributed by atoms with E-state index in [1.807, 2.05) is 0 Å². The predicted octanol–water partition coefficient (Wildman–Crippen LogP) is 3.91. The summed E-state index contributed by atoms with van der Waals surface area (Å²) in [6.07, 6.45) is -3.74. The number of para-hydroxylation sites is 1. The Hall–Kier alpha value is -2.78. The van der Waals surface area contributed by atoms with E-state index in [1.54, 1.807) is 18.2 Å². The molecular formula is C19H16ClF4N3O2. The maximum absolute atomic E-state index is 13.2. The van der Waals surface area contributed by atoms with Gasteiger partial charge in [0, 0.05) is 12.6 Å². The Morgan fingerprint density at radius 2 is 1.97 bits per heavy atom. The number of hydrogen-bond acceptors (Lipinski definition) is 4. The van der Waals surface area contributed by atoms with E-state index in [9.17, 15) is 22.4 Å². The lowest BCUT2D eigenvalue weighted by Gasteiger charge is -2.25. The molecule has 3 rings (SSSR count). The molecule has 1 heterocycles. The number of nitrogens with one attached hydrogen (secondary N) is 2. The molecule has 0 saturated carbocycles. The summed E-state index contributed by atoms with van der Waals surface area (Å²) in [6, 6.07) is 9.93. The summed E-state index contributed by atoms with van der Waals surface area (Å²) in [5, 5.41) is 3.76. The summed E-state index contributed by atoms with van der Waals surface area (Å²) in [4.78, 5) is 12.0. The Morgan fingerprint density at radius 3 is 2.66 bits per heavy atom. The first-order valence-electron chi connectivity index (χ1n) is 8.47. The topological polar surface area (TPSA) is 53.6 Å². The second-order valence-electron chi connectivity index (χ2n) is 6.14. The molecule has 2 aromatic rings. The highest BCUT2D eigenvalue weighted by Gasteiger charge is 2.44. The molecule has 1 aliphatic rings. The number of benzene rings is 2. The van der Waals surface area contributed by atoms with E-state index >= 15 is 0 Å². The average Bonchev–Trinajstić information content (AvgIpc) is 3.10. The first kappa shape index (κ1) is 20.9. The summed E-state index contributed by atoms with van der Waals surface area (Å²) in [5.41, 5.74) is 3.04. The Morgan fingerprint density at radius 1 is 1.21 bits per heavy atom. The van der Waals surface area contributed by atoms with Gasteiger partial charge in [0.2, 0.25) is 5.88 Å². The Balaban J connectivity index is 1.65. The lowest BCUT2D eigenvalue weighted by molar-refractivity contribution is -0.142. The number of carbonyl (C=O) groups excluding carboxylic acids is 1. The molecule has 154 valence electrons. The zero-order valence-electron chi connectivity index (χ0n) is 14.8. The van der Waals surface area contributed by atoms with E-state index in [2.05, 4.69) is 10.7 Å². The molecule has 0 spiro atoms. The van der Waals surface area contributed by atoms with E-state index in [0.717, 1.165) is 11.1 Å². The zero-order chi connectivity index (χ0) is 21.0. The highest BCUT2D eigenvalue weighted by molar-refractivity contribution is 6.33. The molecular weight excluding hydrogens is 414 g/mol. The third-order valence-corrected chi connectivity index (χ3v) is 4.29. The van der Waals surface area contributed by atoms with Crippen LogP contribution in [-0.4, -0.2) is 24.7 Å². The van der Waals surface area contributed by atoms with Gasteiger partial charge in [0.15, 0.2) is 6.61 Å². The molecule has 0 fully saturated rings.